The zero-order chi connectivity index (χ0) is 13.5. The molecule has 1 aromatic carbocycles. The van der Waals surface area contributed by atoms with Crippen LogP contribution in [-0.4, -0.2) is 23.6 Å². The molecule has 0 heterocycles. The van der Waals surface area contributed by atoms with Gasteiger partial charge >= 0.3 is 0 Å². The smallest absolute Gasteiger partial charge is 0.230 e. The van der Waals surface area contributed by atoms with Crippen molar-refractivity contribution in [1.29, 1.82) is 0 Å². The van der Waals surface area contributed by atoms with Crippen LogP contribution in [-0.2, 0) is 22.6 Å². The Morgan fingerprint density at radius 1 is 1.11 bits per heavy atom. The van der Waals surface area contributed by atoms with Crippen molar-refractivity contribution in [2.24, 2.45) is 0 Å². The van der Waals surface area contributed by atoms with Gasteiger partial charge in [0.2, 0.25) is 5.91 Å². The molecule has 98 valence electrons. The summed E-state index contributed by atoms with van der Waals surface area (Å²) in [5.74, 6) is -0.217. The van der Waals surface area contributed by atoms with Gasteiger partial charge in [-0.25, -0.2) is 0 Å². The topological polar surface area (TPSA) is 37.4 Å². The molecule has 3 nitrogen and oxygen atoms in total. The number of ketones is 1. The lowest BCUT2D eigenvalue weighted by Gasteiger charge is -2.16. The number of nitrogens with zero attached hydrogens (tertiary/aromatic N) is 1. The highest BCUT2D eigenvalue weighted by Gasteiger charge is 2.11. The van der Waals surface area contributed by atoms with Crippen molar-refractivity contribution in [3.05, 3.63) is 35.4 Å². The summed E-state index contributed by atoms with van der Waals surface area (Å²) < 4.78 is 0. The largest absolute Gasteiger partial charge is 0.341 e. The highest BCUT2D eigenvalue weighted by Crippen LogP contribution is 2.09. The van der Waals surface area contributed by atoms with Crippen LogP contribution in [0.2, 0.25) is 0 Å². The fourth-order valence-electron chi connectivity index (χ4n) is 1.81. The Morgan fingerprint density at radius 3 is 2.17 bits per heavy atom. The molecular formula is C15H21NO2. The van der Waals surface area contributed by atoms with Crippen LogP contribution in [0.3, 0.4) is 0 Å². The fourth-order valence-corrected chi connectivity index (χ4v) is 1.81. The molecule has 0 radical (unpaired) electrons. The number of benzene rings is 1. The second-order valence-corrected chi connectivity index (χ2v) is 4.70. The molecule has 0 spiro atoms. The molecule has 0 aliphatic carbocycles. The first-order valence-electron chi connectivity index (χ1n) is 6.34. The van der Waals surface area contributed by atoms with E-state index in [1.807, 2.05) is 12.1 Å². The Morgan fingerprint density at radius 2 is 1.67 bits per heavy atom. The summed E-state index contributed by atoms with van der Waals surface area (Å²) >= 11 is 0. The number of hydrogen-bond donors (Lipinski definition) is 0. The molecule has 0 atom stereocenters. The van der Waals surface area contributed by atoms with Gasteiger partial charge in [-0.15, -0.1) is 0 Å². The van der Waals surface area contributed by atoms with Crippen molar-refractivity contribution >= 4 is 11.7 Å². The molecule has 0 aromatic heterocycles. The quantitative estimate of drug-likeness (QED) is 0.724. The van der Waals surface area contributed by atoms with Crippen molar-refractivity contribution < 1.29 is 9.59 Å². The lowest BCUT2D eigenvalue weighted by atomic mass is 10.1. The van der Waals surface area contributed by atoms with Gasteiger partial charge in [-0.3, -0.25) is 9.59 Å². The van der Waals surface area contributed by atoms with E-state index in [1.54, 1.807) is 11.9 Å². The highest BCUT2D eigenvalue weighted by atomic mass is 16.2. The Labute approximate surface area is 109 Å². The van der Waals surface area contributed by atoms with Crippen LogP contribution < -0.4 is 0 Å². The normalized spacial score (nSPS) is 10.2. The van der Waals surface area contributed by atoms with Crippen LogP contribution in [0, 0.1) is 0 Å². The predicted molar refractivity (Wildman–Crippen MR) is 72.2 cm³/mol. The Hall–Kier alpha value is -1.64. The zero-order valence-corrected chi connectivity index (χ0v) is 11.4. The molecule has 0 fully saturated rings. The first kappa shape index (κ1) is 14.4. The van der Waals surface area contributed by atoms with Gasteiger partial charge in [-0.1, -0.05) is 37.6 Å². The molecular weight excluding hydrogens is 226 g/mol. The third kappa shape index (κ3) is 4.70. The fraction of sp³-hybridized carbons (Fsp3) is 0.467. The van der Waals surface area contributed by atoms with Gasteiger partial charge in [-0.2, -0.15) is 0 Å². The number of amides is 1. The van der Waals surface area contributed by atoms with Crippen molar-refractivity contribution in [2.45, 2.75) is 39.7 Å². The molecule has 0 aliphatic heterocycles. The maximum atomic E-state index is 11.6. The molecule has 0 saturated carbocycles. The third-order valence-electron chi connectivity index (χ3n) is 2.81. The average Bonchev–Trinajstić information content (AvgIpc) is 2.31. The molecule has 1 aromatic rings. The lowest BCUT2D eigenvalue weighted by molar-refractivity contribution is -0.134. The SMILES string of the molecule is CCCc1ccc(CN(C)C(=O)CC(C)=O)cc1. The van der Waals surface area contributed by atoms with Crippen LogP contribution in [0.25, 0.3) is 0 Å². The number of carbonyl (C=O) groups is 2. The van der Waals surface area contributed by atoms with Crippen molar-refractivity contribution in [1.82, 2.24) is 4.90 Å². The molecule has 0 bridgehead atoms. The summed E-state index contributed by atoms with van der Waals surface area (Å²) in [5, 5.41) is 0. The van der Waals surface area contributed by atoms with E-state index in [4.69, 9.17) is 0 Å². The second kappa shape index (κ2) is 6.94. The average molecular weight is 247 g/mol. The number of Topliss-reactive ketones (excluding diaryl/α,β-unsaturated/α-hetero) is 1. The van der Waals surface area contributed by atoms with Crippen LogP contribution >= 0.6 is 0 Å². The Bertz CT molecular complexity index is 409. The van der Waals surface area contributed by atoms with Crippen LogP contribution in [0.1, 0.15) is 37.8 Å². The lowest BCUT2D eigenvalue weighted by Crippen LogP contribution is -2.27. The van der Waals surface area contributed by atoms with Crippen molar-refractivity contribution in [3.8, 4) is 0 Å². The summed E-state index contributed by atoms with van der Waals surface area (Å²) in [6.07, 6.45) is 2.21. The van der Waals surface area contributed by atoms with E-state index in [9.17, 15) is 9.59 Å². The first-order chi connectivity index (χ1) is 8.52. The molecule has 0 unspecified atom stereocenters. The molecule has 18 heavy (non-hydrogen) atoms. The Balaban J connectivity index is 2.56. The minimum Gasteiger partial charge on any atom is -0.341 e. The number of rotatable bonds is 6. The minimum atomic E-state index is -0.125. The van der Waals surface area contributed by atoms with Crippen molar-refractivity contribution in [3.63, 3.8) is 0 Å². The van der Waals surface area contributed by atoms with E-state index in [0.29, 0.717) is 6.54 Å². The van der Waals surface area contributed by atoms with E-state index in [1.165, 1.54) is 12.5 Å². The number of aryl methyl sites for hydroxylation is 1. The van der Waals surface area contributed by atoms with Gasteiger partial charge in [0.05, 0.1) is 6.42 Å². The highest BCUT2D eigenvalue weighted by molar-refractivity contribution is 5.96. The van der Waals surface area contributed by atoms with Gasteiger partial charge < -0.3 is 4.90 Å². The molecule has 3 heteroatoms. The first-order valence-corrected chi connectivity index (χ1v) is 6.34. The summed E-state index contributed by atoms with van der Waals surface area (Å²) in [5.41, 5.74) is 2.41. The van der Waals surface area contributed by atoms with Gasteiger partial charge in [0.15, 0.2) is 0 Å². The van der Waals surface area contributed by atoms with E-state index >= 15 is 0 Å². The van der Waals surface area contributed by atoms with Gasteiger partial charge in [0, 0.05) is 13.6 Å². The van der Waals surface area contributed by atoms with Gasteiger partial charge in [0.25, 0.3) is 0 Å². The second-order valence-electron chi connectivity index (χ2n) is 4.70. The molecule has 0 saturated heterocycles. The Kier molecular flexibility index (Phi) is 5.56. The van der Waals surface area contributed by atoms with E-state index in [0.717, 1.165) is 18.4 Å². The summed E-state index contributed by atoms with van der Waals surface area (Å²) in [7, 11) is 1.73. The van der Waals surface area contributed by atoms with Crippen molar-refractivity contribution in [2.75, 3.05) is 7.05 Å². The van der Waals surface area contributed by atoms with Crippen LogP contribution in [0.15, 0.2) is 24.3 Å². The molecule has 0 N–H and O–H groups in total. The van der Waals surface area contributed by atoms with Crippen LogP contribution in [0.5, 0.6) is 0 Å². The molecule has 1 amide bonds. The number of carbonyl (C=O) groups excluding carboxylic acids is 2. The molecule has 0 aliphatic rings. The summed E-state index contributed by atoms with van der Waals surface area (Å²) in [6.45, 7) is 4.14. The van der Waals surface area contributed by atoms with E-state index < -0.39 is 0 Å². The monoisotopic (exact) mass is 247 g/mol. The minimum absolute atomic E-state index is 0.00951. The standard InChI is InChI=1S/C15H21NO2/c1-4-5-13-6-8-14(9-7-13)11-16(3)15(18)10-12(2)17/h6-9H,4-5,10-11H2,1-3H3. The third-order valence-corrected chi connectivity index (χ3v) is 2.81. The van der Waals surface area contributed by atoms with Crippen LogP contribution in [0.4, 0.5) is 0 Å². The van der Waals surface area contributed by atoms with E-state index in [-0.39, 0.29) is 18.1 Å². The summed E-state index contributed by atoms with van der Waals surface area (Å²) in [6, 6.07) is 8.29. The zero-order valence-electron chi connectivity index (χ0n) is 11.4. The van der Waals surface area contributed by atoms with Gasteiger partial charge in [0.1, 0.15) is 5.78 Å². The molecule has 1 rings (SSSR count). The maximum Gasteiger partial charge on any atom is 0.230 e. The number of hydrogen-bond acceptors (Lipinski definition) is 2. The predicted octanol–water partition coefficient (Wildman–Crippen LogP) is 2.58. The van der Waals surface area contributed by atoms with E-state index in [2.05, 4.69) is 19.1 Å². The maximum absolute atomic E-state index is 11.6. The van der Waals surface area contributed by atoms with Gasteiger partial charge in [-0.05, 0) is 24.5 Å². The summed E-state index contributed by atoms with van der Waals surface area (Å²) in [4.78, 5) is 24.1.